The fraction of sp³-hybridized carbons (Fsp3) is 0.529. The van der Waals surface area contributed by atoms with E-state index in [2.05, 4.69) is 0 Å². The maximum absolute atomic E-state index is 12.5. The van der Waals surface area contributed by atoms with E-state index >= 15 is 0 Å². The van der Waals surface area contributed by atoms with Crippen LogP contribution >= 0.6 is 11.8 Å². The second kappa shape index (κ2) is 8.24. The number of nitrogens with zero attached hydrogens (tertiary/aromatic N) is 1. The van der Waals surface area contributed by atoms with E-state index in [1.807, 2.05) is 36.1 Å². The Bertz CT molecular complexity index is 538. The molecule has 0 saturated carbocycles. The number of carbonyl (C=O) groups excluding carboxylic acids is 1. The van der Waals surface area contributed by atoms with Gasteiger partial charge in [-0.2, -0.15) is 0 Å². The van der Waals surface area contributed by atoms with Gasteiger partial charge in [-0.05, 0) is 49.9 Å². The van der Waals surface area contributed by atoms with Crippen molar-refractivity contribution in [2.45, 2.75) is 36.3 Å². The Labute approximate surface area is 141 Å². The first-order valence-electron chi connectivity index (χ1n) is 7.81. The van der Waals surface area contributed by atoms with Crippen molar-refractivity contribution >= 4 is 23.6 Å². The summed E-state index contributed by atoms with van der Waals surface area (Å²) in [4.78, 5) is 26.2. The first kappa shape index (κ1) is 17.7. The standard InChI is InChI=1S/C17H23NO4S/c1-12(23-15-5-3-14(22-2)4-6-15)17(21)18-9-7-13(8-10-18)11-16(19)20/h3-6,12-13H,7-11H2,1-2H3,(H,19,20). The third kappa shape index (κ3) is 5.16. The highest BCUT2D eigenvalue weighted by Gasteiger charge is 2.27. The molecule has 1 aromatic rings. The van der Waals surface area contributed by atoms with E-state index in [0.29, 0.717) is 13.1 Å². The molecule has 1 fully saturated rings. The minimum Gasteiger partial charge on any atom is -0.497 e. The third-order valence-corrected chi connectivity index (χ3v) is 5.21. The van der Waals surface area contributed by atoms with Gasteiger partial charge >= 0.3 is 5.97 Å². The molecule has 0 aliphatic carbocycles. The van der Waals surface area contributed by atoms with Crippen LogP contribution in [-0.2, 0) is 9.59 Å². The van der Waals surface area contributed by atoms with Crippen molar-refractivity contribution in [3.8, 4) is 5.75 Å². The summed E-state index contributed by atoms with van der Waals surface area (Å²) in [6.45, 7) is 3.23. The Morgan fingerprint density at radius 1 is 1.30 bits per heavy atom. The first-order valence-corrected chi connectivity index (χ1v) is 8.69. The van der Waals surface area contributed by atoms with Gasteiger partial charge in [0.1, 0.15) is 5.75 Å². The van der Waals surface area contributed by atoms with Crippen LogP contribution in [0.3, 0.4) is 0 Å². The van der Waals surface area contributed by atoms with Gasteiger partial charge in [0.15, 0.2) is 0 Å². The lowest BCUT2D eigenvalue weighted by Crippen LogP contribution is -2.42. The van der Waals surface area contributed by atoms with Crippen molar-refractivity contribution in [3.63, 3.8) is 0 Å². The number of methoxy groups -OCH3 is 1. The molecular formula is C17H23NO4S. The number of hydrogen-bond acceptors (Lipinski definition) is 4. The SMILES string of the molecule is COc1ccc(SC(C)C(=O)N2CCC(CC(=O)O)CC2)cc1. The zero-order valence-corrected chi connectivity index (χ0v) is 14.3. The van der Waals surface area contributed by atoms with Crippen LogP contribution in [0.5, 0.6) is 5.75 Å². The highest BCUT2D eigenvalue weighted by atomic mass is 32.2. The van der Waals surface area contributed by atoms with Crippen LogP contribution in [0.1, 0.15) is 26.2 Å². The van der Waals surface area contributed by atoms with Crippen molar-refractivity contribution in [2.75, 3.05) is 20.2 Å². The summed E-state index contributed by atoms with van der Waals surface area (Å²) in [7, 11) is 1.63. The Morgan fingerprint density at radius 3 is 2.43 bits per heavy atom. The molecule has 0 radical (unpaired) electrons. The normalized spacial score (nSPS) is 16.9. The number of amides is 1. The molecule has 23 heavy (non-hydrogen) atoms. The predicted molar refractivity (Wildman–Crippen MR) is 89.9 cm³/mol. The highest BCUT2D eigenvalue weighted by Crippen LogP contribution is 2.28. The molecule has 1 saturated heterocycles. The summed E-state index contributed by atoms with van der Waals surface area (Å²) in [6, 6.07) is 7.67. The van der Waals surface area contributed by atoms with E-state index in [-0.39, 0.29) is 23.5 Å². The second-order valence-corrected chi connectivity index (χ2v) is 7.22. The molecule has 1 heterocycles. The molecule has 1 N–H and O–H groups in total. The lowest BCUT2D eigenvalue weighted by Gasteiger charge is -2.33. The van der Waals surface area contributed by atoms with Crippen LogP contribution in [0, 0.1) is 5.92 Å². The van der Waals surface area contributed by atoms with Crippen LogP contribution in [0.15, 0.2) is 29.2 Å². The van der Waals surface area contributed by atoms with E-state index in [1.54, 1.807) is 7.11 Å². The number of carboxylic acid groups (broad SMARTS) is 1. The van der Waals surface area contributed by atoms with Crippen molar-refractivity contribution in [1.29, 1.82) is 0 Å². The van der Waals surface area contributed by atoms with Crippen molar-refractivity contribution in [1.82, 2.24) is 4.90 Å². The number of carboxylic acids is 1. The fourth-order valence-corrected chi connectivity index (χ4v) is 3.72. The van der Waals surface area contributed by atoms with Crippen molar-refractivity contribution < 1.29 is 19.4 Å². The van der Waals surface area contributed by atoms with Crippen LogP contribution < -0.4 is 4.74 Å². The third-order valence-electron chi connectivity index (χ3n) is 4.11. The van der Waals surface area contributed by atoms with Crippen LogP contribution in [0.2, 0.25) is 0 Å². The fourth-order valence-electron chi connectivity index (χ4n) is 2.77. The minimum atomic E-state index is -0.752. The molecule has 2 rings (SSSR count). The second-order valence-electron chi connectivity index (χ2n) is 5.80. The number of hydrogen-bond donors (Lipinski definition) is 1. The molecule has 6 heteroatoms. The number of piperidine rings is 1. The summed E-state index contributed by atoms with van der Waals surface area (Å²) in [5.74, 6) is 0.368. The summed E-state index contributed by atoms with van der Waals surface area (Å²) >= 11 is 1.54. The Balaban J connectivity index is 1.84. The van der Waals surface area contributed by atoms with Gasteiger partial charge in [-0.3, -0.25) is 9.59 Å². The largest absolute Gasteiger partial charge is 0.497 e. The monoisotopic (exact) mass is 337 g/mol. The van der Waals surface area contributed by atoms with E-state index in [9.17, 15) is 9.59 Å². The summed E-state index contributed by atoms with van der Waals surface area (Å²) in [5, 5.41) is 8.68. The molecule has 0 spiro atoms. The van der Waals surface area contributed by atoms with Gasteiger partial charge in [0, 0.05) is 24.4 Å². The number of ether oxygens (including phenoxy) is 1. The summed E-state index contributed by atoms with van der Waals surface area (Å²) < 4.78 is 5.13. The Hall–Kier alpha value is -1.69. The maximum Gasteiger partial charge on any atom is 0.303 e. The van der Waals surface area contributed by atoms with E-state index in [4.69, 9.17) is 9.84 Å². The highest BCUT2D eigenvalue weighted by molar-refractivity contribution is 8.00. The maximum atomic E-state index is 12.5. The summed E-state index contributed by atoms with van der Waals surface area (Å²) in [6.07, 6.45) is 1.76. The zero-order chi connectivity index (χ0) is 16.8. The smallest absolute Gasteiger partial charge is 0.303 e. The molecule has 126 valence electrons. The molecule has 1 aliphatic heterocycles. The average molecular weight is 337 g/mol. The van der Waals surface area contributed by atoms with Gasteiger partial charge in [-0.1, -0.05) is 0 Å². The van der Waals surface area contributed by atoms with Gasteiger partial charge in [0.25, 0.3) is 0 Å². The topological polar surface area (TPSA) is 66.8 Å². The minimum absolute atomic E-state index is 0.125. The van der Waals surface area contributed by atoms with Gasteiger partial charge < -0.3 is 14.7 Å². The molecule has 5 nitrogen and oxygen atoms in total. The van der Waals surface area contributed by atoms with Crippen molar-refractivity contribution in [2.24, 2.45) is 5.92 Å². The number of rotatable bonds is 6. The van der Waals surface area contributed by atoms with Crippen molar-refractivity contribution in [3.05, 3.63) is 24.3 Å². The lowest BCUT2D eigenvalue weighted by molar-refractivity contribution is -0.138. The summed E-state index contributed by atoms with van der Waals surface area (Å²) in [5.41, 5.74) is 0. The van der Waals surface area contributed by atoms with Gasteiger partial charge in [0.05, 0.1) is 12.4 Å². The van der Waals surface area contributed by atoms with Gasteiger partial charge in [-0.15, -0.1) is 11.8 Å². The number of likely N-dealkylation sites (tertiary alicyclic amines) is 1. The van der Waals surface area contributed by atoms with Crippen LogP contribution in [-0.4, -0.2) is 47.3 Å². The molecule has 1 aromatic carbocycles. The number of thioether (sulfide) groups is 1. The zero-order valence-electron chi connectivity index (χ0n) is 13.5. The predicted octanol–water partition coefficient (Wildman–Crippen LogP) is 2.89. The number of aliphatic carboxylic acids is 1. The lowest BCUT2D eigenvalue weighted by atomic mass is 9.93. The quantitative estimate of drug-likeness (QED) is 0.809. The molecule has 1 unspecified atom stereocenters. The molecule has 1 atom stereocenters. The first-order chi connectivity index (χ1) is 11.0. The Morgan fingerprint density at radius 2 is 1.91 bits per heavy atom. The van der Waals surface area contributed by atoms with Crippen LogP contribution in [0.4, 0.5) is 0 Å². The van der Waals surface area contributed by atoms with Gasteiger partial charge in [0.2, 0.25) is 5.91 Å². The molecule has 1 aliphatic rings. The molecule has 1 amide bonds. The Kier molecular flexibility index (Phi) is 6.33. The number of benzene rings is 1. The van der Waals surface area contributed by atoms with Gasteiger partial charge in [-0.25, -0.2) is 0 Å². The van der Waals surface area contributed by atoms with E-state index in [0.717, 1.165) is 23.5 Å². The van der Waals surface area contributed by atoms with E-state index in [1.165, 1.54) is 11.8 Å². The molecule has 0 bridgehead atoms. The molecular weight excluding hydrogens is 314 g/mol. The van der Waals surface area contributed by atoms with E-state index < -0.39 is 5.97 Å². The average Bonchev–Trinajstić information content (AvgIpc) is 2.55. The molecule has 0 aromatic heterocycles. The van der Waals surface area contributed by atoms with Crippen LogP contribution in [0.25, 0.3) is 0 Å². The number of carbonyl (C=O) groups is 2.